The van der Waals surface area contributed by atoms with Crippen LogP contribution in [0.15, 0.2) is 24.3 Å². The summed E-state index contributed by atoms with van der Waals surface area (Å²) in [4.78, 5) is 24.8. The molecular weight excluding hydrogens is 244 g/mol. The summed E-state index contributed by atoms with van der Waals surface area (Å²) in [5.74, 6) is 0.452. The fourth-order valence-corrected chi connectivity index (χ4v) is 1.80. The van der Waals surface area contributed by atoms with Gasteiger partial charge in [0.1, 0.15) is 11.8 Å². The van der Waals surface area contributed by atoms with E-state index in [1.807, 2.05) is 24.3 Å². The first-order valence-corrected chi connectivity index (χ1v) is 6.11. The van der Waals surface area contributed by atoms with Gasteiger partial charge in [-0.3, -0.25) is 9.59 Å². The molecule has 0 unspecified atom stereocenters. The Kier molecular flexibility index (Phi) is 5.36. The summed E-state index contributed by atoms with van der Waals surface area (Å²) in [6.07, 6.45) is 0. The monoisotopic (exact) mass is 264 g/mol. The Morgan fingerprint density at radius 2 is 1.89 bits per heavy atom. The maximum Gasteiger partial charge on any atom is 0.242 e. The highest BCUT2D eigenvalue weighted by Crippen LogP contribution is 2.14. The van der Waals surface area contributed by atoms with Gasteiger partial charge in [-0.2, -0.15) is 0 Å². The number of carbonyl (C=O) groups excluding carboxylic acids is 2. The zero-order valence-corrected chi connectivity index (χ0v) is 11.8. The Bertz CT molecular complexity index is 443. The van der Waals surface area contributed by atoms with E-state index in [4.69, 9.17) is 4.74 Å². The lowest BCUT2D eigenvalue weighted by Crippen LogP contribution is -2.45. The van der Waals surface area contributed by atoms with Gasteiger partial charge in [-0.05, 0) is 24.6 Å². The molecule has 0 radical (unpaired) electrons. The van der Waals surface area contributed by atoms with Crippen LogP contribution in [0.4, 0.5) is 0 Å². The number of amides is 2. The van der Waals surface area contributed by atoms with Crippen LogP contribution in [-0.2, 0) is 16.1 Å². The minimum Gasteiger partial charge on any atom is -0.497 e. The molecule has 0 spiro atoms. The van der Waals surface area contributed by atoms with Crippen molar-refractivity contribution in [1.29, 1.82) is 0 Å². The van der Waals surface area contributed by atoms with Crippen LogP contribution in [0, 0.1) is 0 Å². The van der Waals surface area contributed by atoms with Crippen molar-refractivity contribution in [2.24, 2.45) is 0 Å². The number of methoxy groups -OCH3 is 1. The number of hydrogen-bond acceptors (Lipinski definition) is 3. The number of likely N-dealkylation sites (N-methyl/N-ethyl adjacent to an activating group) is 1. The molecule has 19 heavy (non-hydrogen) atoms. The Hall–Kier alpha value is -2.04. The molecule has 0 heterocycles. The SMILES string of the molecule is CNC(=O)[C@H](C)N(Cc1ccc(OC)cc1)C(C)=O. The molecule has 1 aromatic carbocycles. The van der Waals surface area contributed by atoms with Crippen LogP contribution >= 0.6 is 0 Å². The van der Waals surface area contributed by atoms with Gasteiger partial charge in [0.15, 0.2) is 0 Å². The summed E-state index contributed by atoms with van der Waals surface area (Å²) in [6.45, 7) is 3.57. The van der Waals surface area contributed by atoms with Crippen LogP contribution in [0.2, 0.25) is 0 Å². The number of nitrogens with one attached hydrogen (secondary N) is 1. The molecule has 0 bridgehead atoms. The third kappa shape index (κ3) is 3.98. The van der Waals surface area contributed by atoms with Gasteiger partial charge in [-0.25, -0.2) is 0 Å². The molecular formula is C14H20N2O3. The second kappa shape index (κ2) is 6.78. The zero-order chi connectivity index (χ0) is 14.4. The maximum absolute atomic E-state index is 11.7. The van der Waals surface area contributed by atoms with E-state index in [0.717, 1.165) is 11.3 Å². The number of rotatable bonds is 5. The van der Waals surface area contributed by atoms with Gasteiger partial charge in [-0.15, -0.1) is 0 Å². The molecule has 104 valence electrons. The molecule has 1 atom stereocenters. The van der Waals surface area contributed by atoms with Gasteiger partial charge in [0, 0.05) is 20.5 Å². The molecule has 0 aliphatic rings. The fourth-order valence-electron chi connectivity index (χ4n) is 1.80. The summed E-state index contributed by atoms with van der Waals surface area (Å²) in [6, 6.07) is 6.93. The van der Waals surface area contributed by atoms with Crippen molar-refractivity contribution in [3.05, 3.63) is 29.8 Å². The summed E-state index contributed by atoms with van der Waals surface area (Å²) < 4.78 is 5.08. The average molecular weight is 264 g/mol. The van der Waals surface area contributed by atoms with Crippen molar-refractivity contribution in [3.63, 3.8) is 0 Å². The van der Waals surface area contributed by atoms with Gasteiger partial charge in [0.2, 0.25) is 11.8 Å². The van der Waals surface area contributed by atoms with Gasteiger partial charge < -0.3 is 15.0 Å². The molecule has 0 fully saturated rings. The van der Waals surface area contributed by atoms with Crippen LogP contribution in [-0.4, -0.2) is 36.9 Å². The Morgan fingerprint density at radius 1 is 1.32 bits per heavy atom. The van der Waals surface area contributed by atoms with Crippen LogP contribution in [0.1, 0.15) is 19.4 Å². The van der Waals surface area contributed by atoms with Crippen LogP contribution in [0.5, 0.6) is 5.75 Å². The molecule has 0 saturated carbocycles. The first-order valence-electron chi connectivity index (χ1n) is 6.11. The first-order chi connectivity index (χ1) is 8.99. The van der Waals surface area contributed by atoms with E-state index in [1.54, 1.807) is 21.1 Å². The topological polar surface area (TPSA) is 58.6 Å². The van der Waals surface area contributed by atoms with Crippen molar-refractivity contribution in [1.82, 2.24) is 10.2 Å². The average Bonchev–Trinajstić information content (AvgIpc) is 2.43. The molecule has 2 amide bonds. The van der Waals surface area contributed by atoms with Crippen molar-refractivity contribution < 1.29 is 14.3 Å². The molecule has 0 aliphatic heterocycles. The number of hydrogen-bond donors (Lipinski definition) is 1. The highest BCUT2D eigenvalue weighted by Gasteiger charge is 2.22. The van der Waals surface area contributed by atoms with E-state index in [0.29, 0.717) is 6.54 Å². The number of nitrogens with zero attached hydrogens (tertiary/aromatic N) is 1. The van der Waals surface area contributed by atoms with E-state index in [-0.39, 0.29) is 11.8 Å². The van der Waals surface area contributed by atoms with Gasteiger partial charge in [-0.1, -0.05) is 12.1 Å². The molecule has 5 heteroatoms. The minimum atomic E-state index is -0.496. The summed E-state index contributed by atoms with van der Waals surface area (Å²) in [7, 11) is 3.16. The van der Waals surface area contributed by atoms with Gasteiger partial charge in [0.25, 0.3) is 0 Å². The Labute approximate surface area is 113 Å². The molecule has 0 aliphatic carbocycles. The van der Waals surface area contributed by atoms with E-state index in [2.05, 4.69) is 5.32 Å². The largest absolute Gasteiger partial charge is 0.497 e. The maximum atomic E-state index is 11.7. The summed E-state index contributed by atoms with van der Waals surface area (Å²) in [5.41, 5.74) is 0.951. The number of carbonyl (C=O) groups is 2. The molecule has 1 aromatic rings. The second-order valence-electron chi connectivity index (χ2n) is 4.29. The van der Waals surface area contributed by atoms with Crippen molar-refractivity contribution >= 4 is 11.8 Å². The summed E-state index contributed by atoms with van der Waals surface area (Å²) in [5, 5.41) is 2.55. The standard InChI is InChI=1S/C14H20N2O3/c1-10(14(18)15-3)16(11(2)17)9-12-5-7-13(19-4)8-6-12/h5-8,10H,9H2,1-4H3,(H,15,18)/t10-/m0/s1. The molecule has 0 saturated heterocycles. The first kappa shape index (κ1) is 15.0. The van der Waals surface area contributed by atoms with Crippen LogP contribution < -0.4 is 10.1 Å². The van der Waals surface area contributed by atoms with E-state index in [1.165, 1.54) is 11.8 Å². The lowest BCUT2D eigenvalue weighted by atomic mass is 10.1. The highest BCUT2D eigenvalue weighted by atomic mass is 16.5. The van der Waals surface area contributed by atoms with Crippen LogP contribution in [0.25, 0.3) is 0 Å². The Morgan fingerprint density at radius 3 is 2.32 bits per heavy atom. The predicted molar refractivity (Wildman–Crippen MR) is 72.7 cm³/mol. The smallest absolute Gasteiger partial charge is 0.242 e. The van der Waals surface area contributed by atoms with Crippen LogP contribution in [0.3, 0.4) is 0 Å². The lowest BCUT2D eigenvalue weighted by molar-refractivity contribution is -0.138. The van der Waals surface area contributed by atoms with Crippen molar-refractivity contribution in [3.8, 4) is 5.75 Å². The molecule has 0 aromatic heterocycles. The van der Waals surface area contributed by atoms with E-state index in [9.17, 15) is 9.59 Å². The summed E-state index contributed by atoms with van der Waals surface area (Å²) >= 11 is 0. The van der Waals surface area contributed by atoms with Crippen molar-refractivity contribution in [2.75, 3.05) is 14.2 Å². The van der Waals surface area contributed by atoms with Gasteiger partial charge in [0.05, 0.1) is 7.11 Å². The normalized spacial score (nSPS) is 11.6. The number of benzene rings is 1. The molecule has 1 N–H and O–H groups in total. The fraction of sp³-hybridized carbons (Fsp3) is 0.429. The molecule has 5 nitrogen and oxygen atoms in total. The third-order valence-corrected chi connectivity index (χ3v) is 3.01. The predicted octanol–water partition coefficient (Wildman–Crippen LogP) is 1.18. The second-order valence-corrected chi connectivity index (χ2v) is 4.29. The van der Waals surface area contributed by atoms with Crippen molar-refractivity contribution in [2.45, 2.75) is 26.4 Å². The minimum absolute atomic E-state index is 0.132. The zero-order valence-electron chi connectivity index (χ0n) is 11.8. The Balaban J connectivity index is 2.83. The molecule has 1 rings (SSSR count). The quantitative estimate of drug-likeness (QED) is 0.868. The van der Waals surface area contributed by atoms with E-state index < -0.39 is 6.04 Å². The van der Waals surface area contributed by atoms with E-state index >= 15 is 0 Å². The van der Waals surface area contributed by atoms with Gasteiger partial charge >= 0.3 is 0 Å². The third-order valence-electron chi connectivity index (χ3n) is 3.01. The lowest BCUT2D eigenvalue weighted by Gasteiger charge is -2.27. The number of ether oxygens (including phenoxy) is 1. The highest BCUT2D eigenvalue weighted by molar-refractivity contribution is 5.86.